The van der Waals surface area contributed by atoms with Crippen molar-refractivity contribution in [1.82, 2.24) is 19.6 Å². The predicted octanol–water partition coefficient (Wildman–Crippen LogP) is 2.34. The Labute approximate surface area is 135 Å². The number of ether oxygens (including phenoxy) is 1. The predicted molar refractivity (Wildman–Crippen MR) is 87.3 cm³/mol. The van der Waals surface area contributed by atoms with Gasteiger partial charge in [0.25, 0.3) is 0 Å². The van der Waals surface area contributed by atoms with E-state index >= 15 is 0 Å². The average molecular weight is 312 g/mol. The Balaban J connectivity index is 1.96. The molecule has 0 N–H and O–H groups in total. The summed E-state index contributed by atoms with van der Waals surface area (Å²) in [6.45, 7) is 1.88. The van der Waals surface area contributed by atoms with Gasteiger partial charge in [-0.05, 0) is 18.9 Å². The van der Waals surface area contributed by atoms with E-state index in [1.165, 1.54) is 7.11 Å². The third-order valence-corrected chi connectivity index (χ3v) is 4.15. The summed E-state index contributed by atoms with van der Waals surface area (Å²) in [4.78, 5) is 11.9. The summed E-state index contributed by atoms with van der Waals surface area (Å²) in [5.41, 5.74) is 3.33. The first-order valence-corrected chi connectivity index (χ1v) is 7.44. The fraction of sp³-hybridized carbons (Fsp3) is 0.353. The zero-order valence-electron chi connectivity index (χ0n) is 13.8. The molecule has 1 aliphatic carbocycles. The summed E-state index contributed by atoms with van der Waals surface area (Å²) in [5, 5.41) is 8.80. The molecule has 0 spiro atoms. The minimum Gasteiger partial charge on any atom is -0.468 e. The van der Waals surface area contributed by atoms with E-state index in [0.29, 0.717) is 6.42 Å². The van der Waals surface area contributed by atoms with E-state index in [2.05, 4.69) is 10.2 Å². The van der Waals surface area contributed by atoms with Gasteiger partial charge in [-0.25, -0.2) is 0 Å². The first-order valence-electron chi connectivity index (χ1n) is 7.44. The smallest absolute Gasteiger partial charge is 0.315 e. The maximum atomic E-state index is 11.9. The number of carbonyl (C=O) groups is 1. The van der Waals surface area contributed by atoms with Gasteiger partial charge in [-0.15, -0.1) is 0 Å². The van der Waals surface area contributed by atoms with Crippen molar-refractivity contribution in [2.45, 2.75) is 13.3 Å². The zero-order chi connectivity index (χ0) is 16.6. The van der Waals surface area contributed by atoms with E-state index in [4.69, 9.17) is 4.74 Å². The lowest BCUT2D eigenvalue weighted by Gasteiger charge is -2.24. The Morgan fingerprint density at radius 3 is 2.65 bits per heavy atom. The molecule has 2 heterocycles. The van der Waals surface area contributed by atoms with E-state index < -0.39 is 5.41 Å². The summed E-state index contributed by atoms with van der Waals surface area (Å²) < 4.78 is 8.44. The molecule has 0 bridgehead atoms. The molecule has 23 heavy (non-hydrogen) atoms. The molecule has 0 aromatic carbocycles. The fourth-order valence-corrected chi connectivity index (χ4v) is 2.77. The highest BCUT2D eigenvalue weighted by molar-refractivity contribution is 5.87. The lowest BCUT2D eigenvalue weighted by Crippen LogP contribution is -2.27. The Kier molecular flexibility index (Phi) is 3.67. The minimum atomic E-state index is -0.610. The van der Waals surface area contributed by atoms with Crippen LogP contribution in [0.3, 0.4) is 0 Å². The molecule has 120 valence electrons. The minimum absolute atomic E-state index is 0.224. The lowest BCUT2D eigenvalue weighted by atomic mass is 9.81. The molecule has 0 aliphatic heterocycles. The van der Waals surface area contributed by atoms with Gasteiger partial charge in [-0.2, -0.15) is 10.2 Å². The molecule has 1 atom stereocenters. The van der Waals surface area contributed by atoms with Gasteiger partial charge >= 0.3 is 5.97 Å². The van der Waals surface area contributed by atoms with Crippen molar-refractivity contribution in [2.24, 2.45) is 19.5 Å². The number of esters is 1. The number of hydrogen-bond donors (Lipinski definition) is 0. The zero-order valence-corrected chi connectivity index (χ0v) is 13.8. The van der Waals surface area contributed by atoms with Crippen LogP contribution in [0.4, 0.5) is 0 Å². The van der Waals surface area contributed by atoms with Gasteiger partial charge in [0.05, 0.1) is 24.4 Å². The van der Waals surface area contributed by atoms with Crippen molar-refractivity contribution in [3.8, 4) is 11.1 Å². The molecule has 6 nitrogen and oxygen atoms in total. The number of aromatic nitrogens is 4. The van der Waals surface area contributed by atoms with Crippen LogP contribution in [0.1, 0.15) is 19.0 Å². The van der Waals surface area contributed by atoms with E-state index in [1.807, 2.05) is 57.8 Å². The molecule has 0 radical (unpaired) electrons. The van der Waals surface area contributed by atoms with Crippen LogP contribution in [0.15, 0.2) is 36.8 Å². The van der Waals surface area contributed by atoms with Gasteiger partial charge in [0, 0.05) is 37.6 Å². The summed E-state index contributed by atoms with van der Waals surface area (Å²) >= 11 is 0. The second kappa shape index (κ2) is 5.53. The molecule has 6 heteroatoms. The largest absolute Gasteiger partial charge is 0.468 e. The van der Waals surface area contributed by atoms with Crippen LogP contribution in [0.25, 0.3) is 16.7 Å². The van der Waals surface area contributed by atoms with Crippen LogP contribution in [0.2, 0.25) is 0 Å². The molecule has 0 fully saturated rings. The number of allylic oxidation sites excluding steroid dienone is 3. The number of rotatable bonds is 3. The number of carbonyl (C=O) groups excluding carboxylic acids is 1. The number of nitrogens with zero attached hydrogens (tertiary/aromatic N) is 4. The highest BCUT2D eigenvalue weighted by atomic mass is 16.5. The molecule has 0 saturated heterocycles. The summed E-state index contributed by atoms with van der Waals surface area (Å²) in [5.74, 6) is -0.224. The van der Waals surface area contributed by atoms with Gasteiger partial charge in [-0.1, -0.05) is 18.2 Å². The van der Waals surface area contributed by atoms with Gasteiger partial charge in [0.2, 0.25) is 0 Å². The summed E-state index contributed by atoms with van der Waals surface area (Å²) in [6, 6.07) is 0. The first kappa shape index (κ1) is 15.3. The Hall–Kier alpha value is -2.63. The SMILES string of the molecule is COC(=O)C1(C)C=CC(c2nn(C)cc2-c2cnn(C)c2)=CC1. The molecular weight excluding hydrogens is 292 g/mol. The van der Waals surface area contributed by atoms with Crippen molar-refractivity contribution in [1.29, 1.82) is 0 Å². The normalized spacial score (nSPS) is 20.4. The van der Waals surface area contributed by atoms with E-state index in [9.17, 15) is 4.79 Å². The van der Waals surface area contributed by atoms with Crippen molar-refractivity contribution >= 4 is 11.5 Å². The van der Waals surface area contributed by atoms with Crippen molar-refractivity contribution in [3.05, 3.63) is 42.5 Å². The fourth-order valence-electron chi connectivity index (χ4n) is 2.77. The molecule has 2 aromatic heterocycles. The Morgan fingerprint density at radius 2 is 2.09 bits per heavy atom. The monoisotopic (exact) mass is 312 g/mol. The number of aryl methyl sites for hydroxylation is 2. The highest BCUT2D eigenvalue weighted by Crippen LogP contribution is 2.36. The van der Waals surface area contributed by atoms with Gasteiger partial charge in [0.1, 0.15) is 0 Å². The maximum Gasteiger partial charge on any atom is 0.315 e. The van der Waals surface area contributed by atoms with Crippen LogP contribution in [-0.4, -0.2) is 32.6 Å². The third kappa shape index (κ3) is 2.72. The third-order valence-electron chi connectivity index (χ3n) is 4.15. The van der Waals surface area contributed by atoms with Crippen LogP contribution in [0, 0.1) is 5.41 Å². The van der Waals surface area contributed by atoms with Crippen molar-refractivity contribution < 1.29 is 9.53 Å². The molecule has 3 rings (SSSR count). The maximum absolute atomic E-state index is 11.9. The highest BCUT2D eigenvalue weighted by Gasteiger charge is 2.33. The standard InChI is InChI=1S/C17H20N4O2/c1-17(16(22)23-4)7-5-12(6-8-17)15-14(11-21(3)19-15)13-9-18-20(2)10-13/h5-7,9-11H,8H2,1-4H3. The first-order chi connectivity index (χ1) is 10.9. The topological polar surface area (TPSA) is 61.9 Å². The van der Waals surface area contributed by atoms with Gasteiger partial charge in [0.15, 0.2) is 0 Å². The van der Waals surface area contributed by atoms with E-state index in [1.54, 1.807) is 9.36 Å². The molecule has 2 aromatic rings. The van der Waals surface area contributed by atoms with Crippen LogP contribution in [-0.2, 0) is 23.6 Å². The summed E-state index contributed by atoms with van der Waals surface area (Å²) in [6.07, 6.45) is 12.2. The van der Waals surface area contributed by atoms with Gasteiger partial charge < -0.3 is 4.74 Å². The van der Waals surface area contributed by atoms with E-state index in [0.717, 1.165) is 22.4 Å². The Bertz CT molecular complexity index is 812. The molecule has 0 saturated carbocycles. The molecule has 1 aliphatic rings. The van der Waals surface area contributed by atoms with Crippen LogP contribution < -0.4 is 0 Å². The average Bonchev–Trinajstić information content (AvgIpc) is 3.13. The van der Waals surface area contributed by atoms with Crippen molar-refractivity contribution in [3.63, 3.8) is 0 Å². The molecular formula is C17H20N4O2. The summed E-state index contributed by atoms with van der Waals surface area (Å²) in [7, 11) is 5.20. The van der Waals surface area contributed by atoms with E-state index in [-0.39, 0.29) is 5.97 Å². The number of hydrogen-bond acceptors (Lipinski definition) is 4. The second-order valence-corrected chi connectivity index (χ2v) is 6.07. The quantitative estimate of drug-likeness (QED) is 0.816. The van der Waals surface area contributed by atoms with Crippen LogP contribution in [0.5, 0.6) is 0 Å². The Morgan fingerprint density at radius 1 is 1.30 bits per heavy atom. The second-order valence-electron chi connectivity index (χ2n) is 6.07. The number of methoxy groups -OCH3 is 1. The molecule has 1 unspecified atom stereocenters. The van der Waals surface area contributed by atoms with Crippen LogP contribution >= 0.6 is 0 Å². The molecule has 0 amide bonds. The van der Waals surface area contributed by atoms with Crippen molar-refractivity contribution in [2.75, 3.05) is 7.11 Å². The van der Waals surface area contributed by atoms with Gasteiger partial charge in [-0.3, -0.25) is 14.2 Å². The lowest BCUT2D eigenvalue weighted by molar-refractivity contribution is -0.148.